The van der Waals surface area contributed by atoms with Gasteiger partial charge in [-0.05, 0) is 44.9 Å². The summed E-state index contributed by atoms with van der Waals surface area (Å²) in [6, 6.07) is 3.54. The second-order valence-electron chi connectivity index (χ2n) is 7.88. The molecule has 0 saturated heterocycles. The molecule has 4 heterocycles. The molecule has 2 aromatic rings. The summed E-state index contributed by atoms with van der Waals surface area (Å²) in [5.74, 6) is 0. The molecule has 0 atom stereocenters. The SMILES string of the molecule is COC1=S=C(c2ccc(Cl)nc2Cl)Nc2sc3c(c21)CCN(C(=O)OC(C)(C)C)C3. The molecule has 2 aliphatic rings. The number of carbonyl (C=O) groups excluding carboxylic acids is 1. The molecule has 0 spiro atoms. The molecule has 6 nitrogen and oxygen atoms in total. The molecule has 10 heteroatoms. The molecule has 0 aliphatic carbocycles. The van der Waals surface area contributed by atoms with E-state index in [1.807, 2.05) is 26.8 Å². The number of hydrogen-bond acceptors (Lipinski definition) is 6. The molecule has 1 N–H and O–H groups in total. The van der Waals surface area contributed by atoms with Gasteiger partial charge in [0.05, 0.1) is 12.1 Å². The van der Waals surface area contributed by atoms with Crippen molar-refractivity contribution in [2.45, 2.75) is 39.3 Å². The van der Waals surface area contributed by atoms with Crippen LogP contribution in [-0.2, 0) is 22.4 Å². The Kier molecular flexibility index (Phi) is 5.89. The van der Waals surface area contributed by atoms with Gasteiger partial charge in [-0.2, -0.15) is 0 Å². The van der Waals surface area contributed by atoms with Gasteiger partial charge < -0.3 is 19.7 Å². The summed E-state index contributed by atoms with van der Waals surface area (Å²) < 4.78 is 11.3. The summed E-state index contributed by atoms with van der Waals surface area (Å²) in [6.07, 6.45) is 0.456. The van der Waals surface area contributed by atoms with Gasteiger partial charge in [-0.15, -0.1) is 11.3 Å². The minimum atomic E-state index is -0.517. The van der Waals surface area contributed by atoms with Crippen molar-refractivity contribution in [1.82, 2.24) is 9.88 Å². The molecule has 2 aliphatic heterocycles. The number of carbonyl (C=O) groups is 1. The van der Waals surface area contributed by atoms with Gasteiger partial charge in [-0.1, -0.05) is 34.1 Å². The van der Waals surface area contributed by atoms with E-state index in [2.05, 4.69) is 10.3 Å². The molecule has 4 rings (SSSR count). The van der Waals surface area contributed by atoms with Gasteiger partial charge in [0, 0.05) is 24.1 Å². The van der Waals surface area contributed by atoms with Crippen molar-refractivity contribution in [3.05, 3.63) is 44.0 Å². The van der Waals surface area contributed by atoms with Crippen molar-refractivity contribution >= 4 is 66.6 Å². The lowest BCUT2D eigenvalue weighted by Crippen LogP contribution is -2.39. The number of rotatable bonds is 1. The van der Waals surface area contributed by atoms with Crippen molar-refractivity contribution in [3.63, 3.8) is 0 Å². The van der Waals surface area contributed by atoms with Crippen LogP contribution in [0.3, 0.4) is 0 Å². The fourth-order valence-corrected chi connectivity index (χ4v) is 6.22. The lowest BCUT2D eigenvalue weighted by molar-refractivity contribution is 0.0226. The number of halogens is 2. The number of methoxy groups -OCH3 is 1. The van der Waals surface area contributed by atoms with E-state index in [0.29, 0.717) is 23.4 Å². The van der Waals surface area contributed by atoms with Crippen LogP contribution in [0.15, 0.2) is 12.1 Å². The third-order valence-corrected chi connectivity index (χ3v) is 7.29. The largest absolute Gasteiger partial charge is 0.444 e. The standard InChI is InChI=1S/C20H21Cl2N3O3S2/c1-20(2,3)28-19(26)25-8-7-10-12(9-25)29-17-14(10)18(27-4)30-16(24-17)11-5-6-13(21)23-15(11)22/h5-6,24H,7-9H2,1-4H3. The molecule has 0 bridgehead atoms. The molecule has 1 amide bonds. The van der Waals surface area contributed by atoms with Crippen molar-refractivity contribution in [2.75, 3.05) is 19.0 Å². The number of aromatic nitrogens is 1. The molecular weight excluding hydrogens is 465 g/mol. The fourth-order valence-electron chi connectivity index (χ4n) is 3.31. The smallest absolute Gasteiger partial charge is 0.410 e. The minimum absolute atomic E-state index is 0.288. The monoisotopic (exact) mass is 485 g/mol. The van der Waals surface area contributed by atoms with Gasteiger partial charge in [0.2, 0.25) is 0 Å². The normalized spacial score (nSPS) is 15.9. The Morgan fingerprint density at radius 2 is 2.07 bits per heavy atom. The average Bonchev–Trinajstić information content (AvgIpc) is 3.03. The van der Waals surface area contributed by atoms with Crippen LogP contribution in [0.1, 0.15) is 42.3 Å². The number of fused-ring (bicyclic) bond motifs is 3. The minimum Gasteiger partial charge on any atom is -0.444 e. The number of pyridine rings is 1. The summed E-state index contributed by atoms with van der Waals surface area (Å²) in [7, 11) is 3.14. The maximum atomic E-state index is 12.5. The topological polar surface area (TPSA) is 63.7 Å². The molecule has 0 unspecified atom stereocenters. The van der Waals surface area contributed by atoms with Crippen molar-refractivity contribution < 1.29 is 14.3 Å². The summed E-state index contributed by atoms with van der Waals surface area (Å²) >= 11 is 13.9. The van der Waals surface area contributed by atoms with Crippen LogP contribution >= 0.6 is 45.5 Å². The summed E-state index contributed by atoms with van der Waals surface area (Å²) in [5.41, 5.74) is 2.52. The third-order valence-electron chi connectivity index (χ3n) is 4.58. The number of amides is 1. The fraction of sp³-hybridized carbons (Fsp3) is 0.400. The van der Waals surface area contributed by atoms with Gasteiger partial charge in [0.25, 0.3) is 0 Å². The molecule has 0 saturated carbocycles. The number of nitrogens with one attached hydrogen (secondary N) is 1. The highest BCUT2D eigenvalue weighted by atomic mass is 35.5. The first-order valence-corrected chi connectivity index (χ1v) is 11.7. The zero-order chi connectivity index (χ0) is 21.6. The van der Waals surface area contributed by atoms with Gasteiger partial charge in [-0.3, -0.25) is 0 Å². The van der Waals surface area contributed by atoms with Gasteiger partial charge in [0.1, 0.15) is 30.9 Å². The molecule has 0 aromatic carbocycles. The van der Waals surface area contributed by atoms with Crippen LogP contribution in [0, 0.1) is 0 Å². The maximum absolute atomic E-state index is 12.5. The Morgan fingerprint density at radius 1 is 1.30 bits per heavy atom. The zero-order valence-corrected chi connectivity index (χ0v) is 20.1. The van der Waals surface area contributed by atoms with E-state index in [0.717, 1.165) is 37.5 Å². The Hall–Kier alpha value is -1.58. The number of thiophene rings is 1. The maximum Gasteiger partial charge on any atom is 0.410 e. The summed E-state index contributed by atoms with van der Waals surface area (Å²) in [5, 5.41) is 5.92. The van der Waals surface area contributed by atoms with Crippen LogP contribution in [-0.4, -0.2) is 45.3 Å². The Labute approximate surface area is 192 Å². The highest BCUT2D eigenvalue weighted by Crippen LogP contribution is 2.40. The molecule has 2 aromatic heterocycles. The van der Waals surface area contributed by atoms with E-state index >= 15 is 0 Å². The number of anilines is 1. The van der Waals surface area contributed by atoms with Gasteiger partial charge >= 0.3 is 6.09 Å². The predicted molar refractivity (Wildman–Crippen MR) is 125 cm³/mol. The molecule has 30 heavy (non-hydrogen) atoms. The van der Waals surface area contributed by atoms with E-state index in [9.17, 15) is 4.79 Å². The van der Waals surface area contributed by atoms with E-state index in [1.165, 1.54) is 16.5 Å². The van der Waals surface area contributed by atoms with Crippen LogP contribution in [0.2, 0.25) is 10.3 Å². The molecular formula is C20H21Cl2N3O3S2. The third kappa shape index (κ3) is 4.24. The Bertz CT molecular complexity index is 1100. The predicted octanol–water partition coefficient (Wildman–Crippen LogP) is 5.20. The van der Waals surface area contributed by atoms with E-state index in [4.69, 9.17) is 32.7 Å². The number of hydrogen-bond donors (Lipinski definition) is 1. The lowest BCUT2D eigenvalue weighted by atomic mass is 10.0. The van der Waals surface area contributed by atoms with E-state index < -0.39 is 5.60 Å². The van der Waals surface area contributed by atoms with Crippen molar-refractivity contribution in [2.24, 2.45) is 0 Å². The highest BCUT2D eigenvalue weighted by Gasteiger charge is 2.32. The van der Waals surface area contributed by atoms with E-state index in [1.54, 1.807) is 29.4 Å². The number of ether oxygens (including phenoxy) is 2. The Balaban J connectivity index is 1.66. The molecule has 0 radical (unpaired) electrons. The van der Waals surface area contributed by atoms with Gasteiger partial charge in [0.15, 0.2) is 0 Å². The first kappa shape index (κ1) is 21.6. The molecule has 160 valence electrons. The number of nitrogens with zero attached hydrogens (tertiary/aromatic N) is 2. The average molecular weight is 486 g/mol. The van der Waals surface area contributed by atoms with Gasteiger partial charge in [-0.25, -0.2) is 9.78 Å². The van der Waals surface area contributed by atoms with Crippen LogP contribution in [0.25, 0.3) is 0 Å². The first-order chi connectivity index (χ1) is 14.2. The van der Waals surface area contributed by atoms with Crippen LogP contribution in [0.5, 0.6) is 0 Å². The second kappa shape index (κ2) is 8.16. The lowest BCUT2D eigenvalue weighted by Gasteiger charge is -2.30. The van der Waals surface area contributed by atoms with Crippen LogP contribution < -0.4 is 5.32 Å². The first-order valence-electron chi connectivity index (χ1n) is 9.34. The quantitative estimate of drug-likeness (QED) is 0.443. The summed E-state index contributed by atoms with van der Waals surface area (Å²) in [6.45, 7) is 6.75. The van der Waals surface area contributed by atoms with Crippen LogP contribution in [0.4, 0.5) is 9.80 Å². The molecule has 0 fully saturated rings. The van der Waals surface area contributed by atoms with Crippen molar-refractivity contribution in [1.29, 1.82) is 0 Å². The zero-order valence-electron chi connectivity index (χ0n) is 17.0. The Morgan fingerprint density at radius 3 is 2.73 bits per heavy atom. The second-order valence-corrected chi connectivity index (χ2v) is 10.7. The summed E-state index contributed by atoms with van der Waals surface area (Å²) in [4.78, 5) is 20.3. The van der Waals surface area contributed by atoms with E-state index in [-0.39, 0.29) is 6.09 Å². The highest BCUT2D eigenvalue weighted by molar-refractivity contribution is 7.99. The van der Waals surface area contributed by atoms with Crippen molar-refractivity contribution in [3.8, 4) is 0 Å².